The molecule has 0 bridgehead atoms. The Morgan fingerprint density at radius 1 is 0.960 bits per heavy atom. The van der Waals surface area contributed by atoms with Crippen molar-refractivity contribution in [1.82, 2.24) is 10.1 Å². The number of aromatic nitrogens is 2. The molecule has 2 aromatic carbocycles. The van der Waals surface area contributed by atoms with Gasteiger partial charge >= 0.3 is 0 Å². The first kappa shape index (κ1) is 15.5. The Morgan fingerprint density at radius 3 is 2.56 bits per heavy atom. The third-order valence-corrected chi connectivity index (χ3v) is 4.45. The number of para-hydroxylation sites is 1. The molecule has 4 rings (SSSR count). The van der Waals surface area contributed by atoms with Crippen LogP contribution in [0.4, 0.5) is 0 Å². The molecule has 0 aliphatic rings. The number of pyridine rings is 1. The summed E-state index contributed by atoms with van der Waals surface area (Å²) in [5.41, 5.74) is 10.7. The molecule has 0 saturated carbocycles. The first-order valence-corrected chi connectivity index (χ1v) is 8.28. The zero-order valence-corrected chi connectivity index (χ0v) is 14.0. The highest BCUT2D eigenvalue weighted by Crippen LogP contribution is 2.35. The van der Waals surface area contributed by atoms with E-state index >= 15 is 0 Å². The van der Waals surface area contributed by atoms with Crippen molar-refractivity contribution >= 4 is 11.0 Å². The van der Waals surface area contributed by atoms with Crippen molar-refractivity contribution in [3.63, 3.8) is 0 Å². The molecule has 1 atom stereocenters. The minimum Gasteiger partial charge on any atom is -0.356 e. The van der Waals surface area contributed by atoms with Crippen molar-refractivity contribution in [3.05, 3.63) is 84.2 Å². The van der Waals surface area contributed by atoms with Gasteiger partial charge in [-0.2, -0.15) is 0 Å². The summed E-state index contributed by atoms with van der Waals surface area (Å²) < 4.78 is 5.49. The van der Waals surface area contributed by atoms with Crippen LogP contribution in [0.5, 0.6) is 0 Å². The predicted molar refractivity (Wildman–Crippen MR) is 98.9 cm³/mol. The standard InChI is InChI=1S/C21H19N3O/c1-21(22,14-15-8-6-7-13-23-15)18-11-4-2-9-16(18)20-17-10-3-5-12-19(17)25-24-20/h2-13H,14,22H2,1H3/t21-/m0/s1. The van der Waals surface area contributed by atoms with Gasteiger partial charge in [-0.3, -0.25) is 4.98 Å². The van der Waals surface area contributed by atoms with Crippen LogP contribution in [0.1, 0.15) is 18.2 Å². The van der Waals surface area contributed by atoms with Gasteiger partial charge in [0.1, 0.15) is 5.69 Å². The lowest BCUT2D eigenvalue weighted by Gasteiger charge is -2.27. The molecule has 0 spiro atoms. The highest BCUT2D eigenvalue weighted by Gasteiger charge is 2.27. The van der Waals surface area contributed by atoms with Crippen LogP contribution >= 0.6 is 0 Å². The molecule has 0 aliphatic carbocycles. The van der Waals surface area contributed by atoms with Crippen LogP contribution in [-0.2, 0) is 12.0 Å². The molecule has 2 N–H and O–H groups in total. The van der Waals surface area contributed by atoms with E-state index in [1.165, 1.54) is 0 Å². The molecule has 0 fully saturated rings. The maximum absolute atomic E-state index is 6.72. The Balaban J connectivity index is 1.81. The van der Waals surface area contributed by atoms with E-state index in [1.807, 2.05) is 67.6 Å². The molecule has 0 radical (unpaired) electrons. The van der Waals surface area contributed by atoms with E-state index in [2.05, 4.69) is 16.2 Å². The molecule has 0 unspecified atom stereocenters. The second kappa shape index (κ2) is 6.15. The number of benzene rings is 2. The van der Waals surface area contributed by atoms with Crippen LogP contribution in [0.3, 0.4) is 0 Å². The first-order chi connectivity index (χ1) is 12.1. The summed E-state index contributed by atoms with van der Waals surface area (Å²) in [6, 6.07) is 21.9. The first-order valence-electron chi connectivity index (χ1n) is 8.28. The fourth-order valence-electron chi connectivity index (χ4n) is 3.24. The van der Waals surface area contributed by atoms with E-state index in [0.717, 1.165) is 33.5 Å². The quantitative estimate of drug-likeness (QED) is 0.606. The lowest BCUT2D eigenvalue weighted by atomic mass is 9.84. The van der Waals surface area contributed by atoms with Gasteiger partial charge in [-0.05, 0) is 36.8 Å². The number of nitrogens with zero attached hydrogens (tertiary/aromatic N) is 2. The van der Waals surface area contributed by atoms with Gasteiger partial charge in [-0.1, -0.05) is 47.6 Å². The lowest BCUT2D eigenvalue weighted by molar-refractivity contribution is 0.457. The number of nitrogens with two attached hydrogens (primary N) is 1. The molecule has 4 nitrogen and oxygen atoms in total. The third-order valence-electron chi connectivity index (χ3n) is 4.45. The maximum Gasteiger partial charge on any atom is 0.167 e. The van der Waals surface area contributed by atoms with Crippen molar-refractivity contribution in [3.8, 4) is 11.3 Å². The summed E-state index contributed by atoms with van der Waals surface area (Å²) in [6.07, 6.45) is 2.43. The van der Waals surface area contributed by atoms with Gasteiger partial charge in [0.2, 0.25) is 0 Å². The monoisotopic (exact) mass is 329 g/mol. The molecule has 0 aliphatic heterocycles. The second-order valence-corrected chi connectivity index (χ2v) is 6.49. The largest absolute Gasteiger partial charge is 0.356 e. The third kappa shape index (κ3) is 2.92. The van der Waals surface area contributed by atoms with Crippen molar-refractivity contribution in [1.29, 1.82) is 0 Å². The van der Waals surface area contributed by atoms with Crippen molar-refractivity contribution in [2.75, 3.05) is 0 Å². The molecule has 124 valence electrons. The molecule has 2 heterocycles. The van der Waals surface area contributed by atoms with Gasteiger partial charge in [0.25, 0.3) is 0 Å². The summed E-state index contributed by atoms with van der Waals surface area (Å²) >= 11 is 0. The summed E-state index contributed by atoms with van der Waals surface area (Å²) in [5, 5.41) is 5.29. The highest BCUT2D eigenvalue weighted by molar-refractivity contribution is 5.92. The van der Waals surface area contributed by atoms with Crippen LogP contribution in [0.25, 0.3) is 22.2 Å². The summed E-state index contributed by atoms with van der Waals surface area (Å²) in [6.45, 7) is 2.03. The number of fused-ring (bicyclic) bond motifs is 1. The van der Waals surface area contributed by atoms with Gasteiger partial charge in [0.15, 0.2) is 5.58 Å². The van der Waals surface area contributed by atoms with Gasteiger partial charge < -0.3 is 10.3 Å². The lowest BCUT2D eigenvalue weighted by Crippen LogP contribution is -2.36. The minimum absolute atomic E-state index is 0.578. The Bertz CT molecular complexity index is 1010. The van der Waals surface area contributed by atoms with Crippen LogP contribution in [-0.4, -0.2) is 10.1 Å². The zero-order chi connectivity index (χ0) is 17.3. The second-order valence-electron chi connectivity index (χ2n) is 6.49. The molecule has 4 aromatic rings. The smallest absolute Gasteiger partial charge is 0.167 e. The molecular weight excluding hydrogens is 310 g/mol. The van der Waals surface area contributed by atoms with Crippen LogP contribution in [0.2, 0.25) is 0 Å². The molecule has 0 saturated heterocycles. The SMILES string of the molecule is C[C@](N)(Cc1ccccn1)c1ccccc1-c1noc2ccccc12. The Labute approximate surface area is 146 Å². The Hall–Kier alpha value is -2.98. The van der Waals surface area contributed by atoms with Crippen LogP contribution < -0.4 is 5.73 Å². The predicted octanol–water partition coefficient (Wildman–Crippen LogP) is 4.31. The minimum atomic E-state index is -0.578. The number of hydrogen-bond acceptors (Lipinski definition) is 4. The normalized spacial score (nSPS) is 13.7. The molecular formula is C21H19N3O. The summed E-state index contributed by atoms with van der Waals surface area (Å²) in [7, 11) is 0. The van der Waals surface area contributed by atoms with Gasteiger partial charge in [0.05, 0.1) is 0 Å². The fourth-order valence-corrected chi connectivity index (χ4v) is 3.24. The van der Waals surface area contributed by atoms with Crippen molar-refractivity contribution in [2.24, 2.45) is 5.73 Å². The Kier molecular flexibility index (Phi) is 3.82. The average Bonchev–Trinajstić information content (AvgIpc) is 3.06. The van der Waals surface area contributed by atoms with Gasteiger partial charge in [-0.25, -0.2) is 0 Å². The van der Waals surface area contributed by atoms with Gasteiger partial charge in [0, 0.05) is 34.8 Å². The van der Waals surface area contributed by atoms with E-state index in [0.29, 0.717) is 6.42 Å². The molecule has 25 heavy (non-hydrogen) atoms. The van der Waals surface area contributed by atoms with E-state index in [9.17, 15) is 0 Å². The summed E-state index contributed by atoms with van der Waals surface area (Å²) in [5.74, 6) is 0. The van der Waals surface area contributed by atoms with Crippen LogP contribution in [0.15, 0.2) is 77.4 Å². The van der Waals surface area contributed by atoms with E-state index in [1.54, 1.807) is 6.20 Å². The van der Waals surface area contributed by atoms with E-state index in [4.69, 9.17) is 10.3 Å². The number of rotatable bonds is 4. The van der Waals surface area contributed by atoms with Crippen molar-refractivity contribution < 1.29 is 4.52 Å². The zero-order valence-electron chi connectivity index (χ0n) is 14.0. The average molecular weight is 329 g/mol. The van der Waals surface area contributed by atoms with E-state index in [-0.39, 0.29) is 0 Å². The van der Waals surface area contributed by atoms with Crippen molar-refractivity contribution in [2.45, 2.75) is 18.9 Å². The number of hydrogen-bond donors (Lipinski definition) is 1. The molecule has 2 aromatic heterocycles. The maximum atomic E-state index is 6.72. The molecule has 0 amide bonds. The summed E-state index contributed by atoms with van der Waals surface area (Å²) in [4.78, 5) is 4.42. The molecule has 4 heteroatoms. The van der Waals surface area contributed by atoms with E-state index < -0.39 is 5.54 Å². The topological polar surface area (TPSA) is 64.9 Å². The van der Waals surface area contributed by atoms with Crippen LogP contribution in [0, 0.1) is 0 Å². The Morgan fingerprint density at radius 2 is 1.72 bits per heavy atom. The van der Waals surface area contributed by atoms with Gasteiger partial charge in [-0.15, -0.1) is 0 Å². The highest BCUT2D eigenvalue weighted by atomic mass is 16.5. The fraction of sp³-hybridized carbons (Fsp3) is 0.143.